The van der Waals surface area contributed by atoms with Crippen molar-refractivity contribution in [1.29, 1.82) is 0 Å². The lowest BCUT2D eigenvalue weighted by Crippen LogP contribution is -1.96. The van der Waals surface area contributed by atoms with Crippen LogP contribution in [-0.4, -0.2) is 13.1 Å². The van der Waals surface area contributed by atoms with E-state index in [1.807, 2.05) is 6.07 Å². The Labute approximate surface area is 85.5 Å². The third kappa shape index (κ3) is 3.49. The molecule has 0 spiro atoms. The first kappa shape index (κ1) is 10.1. The Hall–Kier alpha value is -0.980. The van der Waals surface area contributed by atoms with Gasteiger partial charge in [0, 0.05) is 0 Å². The quantitative estimate of drug-likeness (QED) is 0.530. The van der Waals surface area contributed by atoms with Gasteiger partial charge in [-0.25, -0.2) is 0 Å². The second-order valence-corrected chi connectivity index (χ2v) is 3.87. The number of carbonyl (C=O) groups excluding carboxylic acids is 1. The summed E-state index contributed by atoms with van der Waals surface area (Å²) in [4.78, 5) is 11.5. The van der Waals surface area contributed by atoms with Gasteiger partial charge in [0.05, 0.1) is 16.3 Å². The maximum atomic E-state index is 10.7. The van der Waals surface area contributed by atoms with E-state index in [1.54, 1.807) is 6.07 Å². The van der Waals surface area contributed by atoms with Gasteiger partial charge in [-0.1, -0.05) is 23.4 Å². The number of carbonyl (C=O) groups is 1. The zero-order valence-corrected chi connectivity index (χ0v) is 8.54. The second kappa shape index (κ2) is 4.90. The van der Waals surface area contributed by atoms with Gasteiger partial charge in [-0.3, -0.25) is 4.79 Å². The van der Waals surface area contributed by atoms with Crippen LogP contribution in [0.15, 0.2) is 12.1 Å². The van der Waals surface area contributed by atoms with Crippen LogP contribution >= 0.6 is 22.9 Å². The minimum Gasteiger partial charge on any atom is -0.468 e. The lowest BCUT2D eigenvalue weighted by molar-refractivity contribution is -0.139. The highest BCUT2D eigenvalue weighted by atomic mass is 35.5. The molecule has 0 saturated heterocycles. The molecule has 1 heterocycles. The fourth-order valence-electron chi connectivity index (χ4n) is 0.657. The molecule has 0 aliphatic rings. The Morgan fingerprint density at radius 3 is 3.00 bits per heavy atom. The van der Waals surface area contributed by atoms with Gasteiger partial charge in [0.15, 0.2) is 0 Å². The van der Waals surface area contributed by atoms with Gasteiger partial charge in [0.1, 0.15) is 6.42 Å². The predicted octanol–water partition coefficient (Wildman–Crippen LogP) is 2.32. The first-order valence-corrected chi connectivity index (χ1v) is 4.73. The van der Waals surface area contributed by atoms with Crippen LogP contribution in [0.1, 0.15) is 11.3 Å². The molecule has 0 aromatic carbocycles. The average molecular weight is 215 g/mol. The number of esters is 1. The number of rotatable bonds is 1. The summed E-state index contributed by atoms with van der Waals surface area (Å²) in [5.74, 6) is 5.18. The SMILES string of the molecule is COC(=O)CC#Cc1ccc(Cl)s1. The van der Waals surface area contributed by atoms with Gasteiger partial charge in [0.2, 0.25) is 0 Å². The molecule has 0 unspecified atom stereocenters. The minimum absolute atomic E-state index is 0.117. The number of halogens is 1. The van der Waals surface area contributed by atoms with Crippen molar-refractivity contribution >= 4 is 28.9 Å². The van der Waals surface area contributed by atoms with Crippen molar-refractivity contribution in [3.63, 3.8) is 0 Å². The monoisotopic (exact) mass is 214 g/mol. The molecule has 68 valence electrons. The fourth-order valence-corrected chi connectivity index (χ4v) is 1.57. The molecular formula is C9H7ClO2S. The number of hydrogen-bond acceptors (Lipinski definition) is 3. The second-order valence-electron chi connectivity index (χ2n) is 2.16. The van der Waals surface area contributed by atoms with E-state index in [9.17, 15) is 4.79 Å². The van der Waals surface area contributed by atoms with Crippen LogP contribution in [0.25, 0.3) is 0 Å². The van der Waals surface area contributed by atoms with Gasteiger partial charge in [-0.2, -0.15) is 0 Å². The summed E-state index contributed by atoms with van der Waals surface area (Å²) >= 11 is 7.07. The van der Waals surface area contributed by atoms with Gasteiger partial charge in [0.25, 0.3) is 0 Å². The highest BCUT2D eigenvalue weighted by Crippen LogP contribution is 2.20. The van der Waals surface area contributed by atoms with Crippen molar-refractivity contribution in [2.45, 2.75) is 6.42 Å². The van der Waals surface area contributed by atoms with Gasteiger partial charge >= 0.3 is 5.97 Å². The molecular weight excluding hydrogens is 208 g/mol. The molecule has 4 heteroatoms. The van der Waals surface area contributed by atoms with E-state index in [4.69, 9.17) is 11.6 Å². The molecule has 0 bridgehead atoms. The van der Waals surface area contributed by atoms with Crippen LogP contribution in [0.3, 0.4) is 0 Å². The Balaban J connectivity index is 2.53. The van der Waals surface area contributed by atoms with Crippen molar-refractivity contribution in [2.24, 2.45) is 0 Å². The summed E-state index contributed by atoms with van der Waals surface area (Å²) in [6.07, 6.45) is 0.117. The zero-order valence-electron chi connectivity index (χ0n) is 6.96. The van der Waals surface area contributed by atoms with Crippen LogP contribution in [-0.2, 0) is 9.53 Å². The van der Waals surface area contributed by atoms with E-state index >= 15 is 0 Å². The highest BCUT2D eigenvalue weighted by Gasteiger charge is 1.95. The summed E-state index contributed by atoms with van der Waals surface area (Å²) < 4.78 is 5.13. The van der Waals surface area contributed by atoms with Crippen LogP contribution < -0.4 is 0 Å². The molecule has 2 nitrogen and oxygen atoms in total. The molecule has 13 heavy (non-hydrogen) atoms. The number of thiophene rings is 1. The Bertz CT molecular complexity index is 359. The van der Waals surface area contributed by atoms with E-state index in [1.165, 1.54) is 18.4 Å². The summed E-state index contributed by atoms with van der Waals surface area (Å²) in [6, 6.07) is 3.59. The maximum absolute atomic E-state index is 10.7. The van der Waals surface area contributed by atoms with Crippen molar-refractivity contribution in [3.8, 4) is 11.8 Å². The summed E-state index contributed by atoms with van der Waals surface area (Å²) in [5, 5.41) is 0. The maximum Gasteiger partial charge on any atom is 0.317 e. The summed E-state index contributed by atoms with van der Waals surface area (Å²) in [5.41, 5.74) is 0. The van der Waals surface area contributed by atoms with E-state index < -0.39 is 0 Å². The zero-order chi connectivity index (χ0) is 9.68. The summed E-state index contributed by atoms with van der Waals surface area (Å²) in [6.45, 7) is 0. The molecule has 0 radical (unpaired) electrons. The van der Waals surface area contributed by atoms with Crippen molar-refractivity contribution in [1.82, 2.24) is 0 Å². The topological polar surface area (TPSA) is 26.3 Å². The molecule has 0 saturated carbocycles. The van der Waals surface area contributed by atoms with Crippen LogP contribution in [0.5, 0.6) is 0 Å². The Morgan fingerprint density at radius 2 is 2.46 bits per heavy atom. The highest BCUT2D eigenvalue weighted by molar-refractivity contribution is 7.16. The molecule has 0 aliphatic carbocycles. The molecule has 0 amide bonds. The first-order chi connectivity index (χ1) is 6.22. The summed E-state index contributed by atoms with van der Waals surface area (Å²) in [7, 11) is 1.34. The molecule has 1 aromatic rings. The van der Waals surface area contributed by atoms with Crippen LogP contribution in [0, 0.1) is 11.8 Å². The van der Waals surface area contributed by atoms with Gasteiger partial charge in [-0.05, 0) is 12.1 Å². The molecule has 0 atom stereocenters. The Kier molecular flexibility index (Phi) is 3.81. The van der Waals surface area contributed by atoms with E-state index in [2.05, 4.69) is 16.6 Å². The van der Waals surface area contributed by atoms with E-state index in [-0.39, 0.29) is 12.4 Å². The first-order valence-electron chi connectivity index (χ1n) is 3.53. The average Bonchev–Trinajstić information content (AvgIpc) is 2.51. The third-order valence-electron chi connectivity index (χ3n) is 1.25. The number of ether oxygens (including phenoxy) is 1. The standard InChI is InChI=1S/C9H7ClO2S/c1-12-9(11)4-2-3-7-5-6-8(10)13-7/h5-6H,4H2,1H3. The van der Waals surface area contributed by atoms with E-state index in [0.29, 0.717) is 4.34 Å². The Morgan fingerprint density at radius 1 is 1.69 bits per heavy atom. The van der Waals surface area contributed by atoms with Crippen molar-refractivity contribution in [2.75, 3.05) is 7.11 Å². The van der Waals surface area contributed by atoms with Crippen molar-refractivity contribution < 1.29 is 9.53 Å². The van der Waals surface area contributed by atoms with Crippen molar-refractivity contribution in [3.05, 3.63) is 21.3 Å². The number of hydrogen-bond donors (Lipinski definition) is 0. The molecule has 0 N–H and O–H groups in total. The largest absolute Gasteiger partial charge is 0.468 e. The van der Waals surface area contributed by atoms with Crippen LogP contribution in [0.2, 0.25) is 4.34 Å². The minimum atomic E-state index is -0.324. The smallest absolute Gasteiger partial charge is 0.317 e. The predicted molar refractivity (Wildman–Crippen MR) is 52.8 cm³/mol. The fraction of sp³-hybridized carbons (Fsp3) is 0.222. The lowest BCUT2D eigenvalue weighted by Gasteiger charge is -1.88. The molecule has 1 aromatic heterocycles. The normalized spacial score (nSPS) is 8.77. The van der Waals surface area contributed by atoms with Gasteiger partial charge < -0.3 is 4.74 Å². The molecule has 0 aliphatic heterocycles. The van der Waals surface area contributed by atoms with Gasteiger partial charge in [-0.15, -0.1) is 11.3 Å². The lowest BCUT2D eigenvalue weighted by atomic mass is 10.4. The third-order valence-corrected chi connectivity index (χ3v) is 2.39. The number of methoxy groups -OCH3 is 1. The van der Waals surface area contributed by atoms with E-state index in [0.717, 1.165) is 4.88 Å². The van der Waals surface area contributed by atoms with Crippen LogP contribution in [0.4, 0.5) is 0 Å². The molecule has 1 rings (SSSR count). The molecule has 0 fully saturated rings.